The van der Waals surface area contributed by atoms with Crippen molar-refractivity contribution in [2.45, 2.75) is 13.8 Å². The molecule has 1 aliphatic heterocycles. The molecule has 0 aliphatic carbocycles. The fourth-order valence-electron chi connectivity index (χ4n) is 4.32. The predicted molar refractivity (Wildman–Crippen MR) is 138 cm³/mol. The molecule has 1 saturated heterocycles. The third-order valence-electron chi connectivity index (χ3n) is 6.37. The van der Waals surface area contributed by atoms with E-state index in [2.05, 4.69) is 16.9 Å². The van der Waals surface area contributed by atoms with Crippen LogP contribution in [-0.4, -0.2) is 72.1 Å². The molecule has 9 heteroatoms. The first-order chi connectivity index (χ1) is 17.1. The Morgan fingerprint density at radius 1 is 1.14 bits per heavy atom. The molecule has 35 heavy (non-hydrogen) atoms. The van der Waals surface area contributed by atoms with Crippen molar-refractivity contribution >= 4 is 32.6 Å². The predicted octanol–water partition coefficient (Wildman–Crippen LogP) is 4.09. The average molecular weight is 492 g/mol. The molecule has 182 valence electrons. The van der Waals surface area contributed by atoms with Crippen molar-refractivity contribution in [2.75, 3.05) is 51.4 Å². The number of fused-ring (bicyclic) bond motifs is 1. The molecular weight excluding hydrogens is 462 g/mol. The van der Waals surface area contributed by atoms with Crippen molar-refractivity contribution in [1.82, 2.24) is 19.7 Å². The van der Waals surface area contributed by atoms with Crippen LogP contribution in [0, 0.1) is 13.8 Å². The van der Waals surface area contributed by atoms with E-state index in [1.54, 1.807) is 22.9 Å². The van der Waals surface area contributed by atoms with Crippen LogP contribution in [0.3, 0.4) is 0 Å². The number of nitrogens with zero attached hydrogens (tertiary/aromatic N) is 5. The molecule has 4 aromatic rings. The summed E-state index contributed by atoms with van der Waals surface area (Å²) in [5.41, 5.74) is 4.18. The van der Waals surface area contributed by atoms with E-state index in [-0.39, 0.29) is 5.91 Å². The molecule has 2 aromatic carbocycles. The molecule has 3 heterocycles. The maximum absolute atomic E-state index is 14.0. The minimum atomic E-state index is -0.103. The van der Waals surface area contributed by atoms with Gasteiger partial charge >= 0.3 is 0 Å². The first-order valence-electron chi connectivity index (χ1n) is 11.7. The standard InChI is InChI=1S/C26H29N5O3S/c1-18-9-10-22(33-3)23-24(18)35-26(28-23)30(12-11-29-13-15-34-16-14-29)25(32)21-17-27-31(19(21)2)20-7-5-4-6-8-20/h4-10,17H,11-16H2,1-3H3. The minimum absolute atomic E-state index is 0.103. The van der Waals surface area contributed by atoms with E-state index in [1.165, 1.54) is 11.3 Å². The lowest BCUT2D eigenvalue weighted by Gasteiger charge is -2.29. The first-order valence-corrected chi connectivity index (χ1v) is 12.5. The van der Waals surface area contributed by atoms with Crippen LogP contribution in [0.5, 0.6) is 5.75 Å². The van der Waals surface area contributed by atoms with Gasteiger partial charge in [-0.05, 0) is 37.6 Å². The average Bonchev–Trinajstić information content (AvgIpc) is 3.50. The van der Waals surface area contributed by atoms with Gasteiger partial charge in [-0.2, -0.15) is 5.10 Å². The number of thiazole rings is 1. The topological polar surface area (TPSA) is 72.7 Å². The molecule has 1 fully saturated rings. The fourth-order valence-corrected chi connectivity index (χ4v) is 5.40. The number of morpholine rings is 1. The summed E-state index contributed by atoms with van der Waals surface area (Å²) in [6, 6.07) is 13.8. The fraction of sp³-hybridized carbons (Fsp3) is 0.346. The highest BCUT2D eigenvalue weighted by atomic mass is 32.1. The molecule has 1 aliphatic rings. The van der Waals surface area contributed by atoms with Crippen LogP contribution in [0.25, 0.3) is 15.9 Å². The van der Waals surface area contributed by atoms with E-state index < -0.39 is 0 Å². The Morgan fingerprint density at radius 2 is 1.91 bits per heavy atom. The zero-order valence-corrected chi connectivity index (χ0v) is 21.0. The van der Waals surface area contributed by atoms with Gasteiger partial charge in [0.05, 0.1) is 48.2 Å². The number of aromatic nitrogens is 3. The third-order valence-corrected chi connectivity index (χ3v) is 7.59. The Morgan fingerprint density at radius 3 is 2.66 bits per heavy atom. The number of para-hydroxylation sites is 1. The number of benzene rings is 2. The van der Waals surface area contributed by atoms with Gasteiger partial charge < -0.3 is 9.47 Å². The molecule has 8 nitrogen and oxygen atoms in total. The summed E-state index contributed by atoms with van der Waals surface area (Å²) in [6.07, 6.45) is 1.66. The zero-order valence-electron chi connectivity index (χ0n) is 20.2. The Bertz CT molecular complexity index is 1330. The van der Waals surface area contributed by atoms with Gasteiger partial charge in [0.25, 0.3) is 5.91 Å². The molecule has 0 spiro atoms. The quantitative estimate of drug-likeness (QED) is 0.388. The van der Waals surface area contributed by atoms with Gasteiger partial charge in [0.2, 0.25) is 0 Å². The van der Waals surface area contributed by atoms with E-state index in [0.29, 0.717) is 36.2 Å². The van der Waals surface area contributed by atoms with Crippen LogP contribution >= 0.6 is 11.3 Å². The van der Waals surface area contributed by atoms with Gasteiger partial charge in [0.1, 0.15) is 11.3 Å². The van der Waals surface area contributed by atoms with Crippen LogP contribution in [0.2, 0.25) is 0 Å². The second-order valence-corrected chi connectivity index (χ2v) is 9.54. The molecule has 0 radical (unpaired) electrons. The Labute approximate surface area is 208 Å². The van der Waals surface area contributed by atoms with Crippen molar-refractivity contribution in [1.29, 1.82) is 0 Å². The normalized spacial score (nSPS) is 14.4. The minimum Gasteiger partial charge on any atom is -0.494 e. The van der Waals surface area contributed by atoms with E-state index in [0.717, 1.165) is 46.8 Å². The number of methoxy groups -OCH3 is 1. The smallest absolute Gasteiger partial charge is 0.263 e. The van der Waals surface area contributed by atoms with Crippen molar-refractivity contribution < 1.29 is 14.3 Å². The summed E-state index contributed by atoms with van der Waals surface area (Å²) < 4.78 is 13.9. The number of hydrogen-bond donors (Lipinski definition) is 0. The summed E-state index contributed by atoms with van der Waals surface area (Å²) in [6.45, 7) is 8.40. The number of anilines is 1. The number of amides is 1. The van der Waals surface area contributed by atoms with E-state index in [9.17, 15) is 4.79 Å². The summed E-state index contributed by atoms with van der Waals surface area (Å²) in [5.74, 6) is 0.607. The Balaban J connectivity index is 1.52. The third kappa shape index (κ3) is 4.67. The lowest BCUT2D eigenvalue weighted by molar-refractivity contribution is 0.0391. The number of hydrogen-bond acceptors (Lipinski definition) is 7. The van der Waals surface area contributed by atoms with Gasteiger partial charge in [-0.1, -0.05) is 35.6 Å². The van der Waals surface area contributed by atoms with Crippen molar-refractivity contribution in [2.24, 2.45) is 0 Å². The van der Waals surface area contributed by atoms with Gasteiger partial charge in [-0.3, -0.25) is 14.6 Å². The number of carbonyl (C=O) groups is 1. The van der Waals surface area contributed by atoms with E-state index in [4.69, 9.17) is 14.5 Å². The maximum Gasteiger partial charge on any atom is 0.263 e. The van der Waals surface area contributed by atoms with Gasteiger partial charge in [-0.25, -0.2) is 9.67 Å². The number of aryl methyl sites for hydroxylation is 1. The van der Waals surface area contributed by atoms with Crippen molar-refractivity contribution in [3.63, 3.8) is 0 Å². The van der Waals surface area contributed by atoms with Crippen LogP contribution in [-0.2, 0) is 4.74 Å². The Hall–Kier alpha value is -3.27. The molecule has 0 N–H and O–H groups in total. The number of rotatable bonds is 7. The molecule has 0 unspecified atom stereocenters. The first kappa shape index (κ1) is 23.5. The molecule has 2 aromatic heterocycles. The highest BCUT2D eigenvalue weighted by Crippen LogP contribution is 2.37. The molecule has 1 amide bonds. The number of carbonyl (C=O) groups excluding carboxylic acids is 1. The van der Waals surface area contributed by atoms with Gasteiger partial charge in [0.15, 0.2) is 5.13 Å². The second kappa shape index (κ2) is 10.2. The van der Waals surface area contributed by atoms with Gasteiger partial charge in [0, 0.05) is 26.2 Å². The van der Waals surface area contributed by atoms with Crippen LogP contribution < -0.4 is 9.64 Å². The van der Waals surface area contributed by atoms with Crippen molar-refractivity contribution in [3.05, 3.63) is 65.5 Å². The van der Waals surface area contributed by atoms with Crippen LogP contribution in [0.15, 0.2) is 48.7 Å². The molecular formula is C26H29N5O3S. The lowest BCUT2D eigenvalue weighted by Crippen LogP contribution is -2.43. The largest absolute Gasteiger partial charge is 0.494 e. The monoisotopic (exact) mass is 491 g/mol. The zero-order chi connectivity index (χ0) is 24.4. The molecule has 0 saturated carbocycles. The van der Waals surface area contributed by atoms with Crippen molar-refractivity contribution in [3.8, 4) is 11.4 Å². The lowest BCUT2D eigenvalue weighted by atomic mass is 10.2. The molecule has 0 atom stereocenters. The Kier molecular flexibility index (Phi) is 6.81. The summed E-state index contributed by atoms with van der Waals surface area (Å²) in [7, 11) is 1.64. The van der Waals surface area contributed by atoms with E-state index in [1.807, 2.05) is 49.4 Å². The van der Waals surface area contributed by atoms with E-state index >= 15 is 0 Å². The highest BCUT2D eigenvalue weighted by molar-refractivity contribution is 7.22. The molecule has 0 bridgehead atoms. The summed E-state index contributed by atoms with van der Waals surface area (Å²) >= 11 is 1.52. The number of ether oxygens (including phenoxy) is 2. The maximum atomic E-state index is 14.0. The highest BCUT2D eigenvalue weighted by Gasteiger charge is 2.27. The summed E-state index contributed by atoms with van der Waals surface area (Å²) in [4.78, 5) is 23.0. The van der Waals surface area contributed by atoms with Gasteiger partial charge in [-0.15, -0.1) is 0 Å². The SMILES string of the molecule is COc1ccc(C)c2sc(N(CCN3CCOCC3)C(=O)c3cnn(-c4ccccc4)c3C)nc12. The summed E-state index contributed by atoms with van der Waals surface area (Å²) in [5, 5.41) is 5.19. The molecule has 5 rings (SSSR count). The van der Waals surface area contributed by atoms with Crippen LogP contribution in [0.1, 0.15) is 21.6 Å². The van der Waals surface area contributed by atoms with Crippen LogP contribution in [0.4, 0.5) is 5.13 Å². The second-order valence-electron chi connectivity index (χ2n) is 8.56.